The van der Waals surface area contributed by atoms with E-state index in [0.29, 0.717) is 11.3 Å². The van der Waals surface area contributed by atoms with E-state index in [1.807, 2.05) is 48.5 Å². The van der Waals surface area contributed by atoms with E-state index in [-0.39, 0.29) is 17.7 Å². The van der Waals surface area contributed by atoms with Gasteiger partial charge in [0.05, 0.1) is 30.2 Å². The number of methoxy groups -OCH3 is 1. The van der Waals surface area contributed by atoms with Crippen molar-refractivity contribution in [2.45, 2.75) is 32.2 Å². The molecule has 0 unspecified atom stereocenters. The van der Waals surface area contributed by atoms with Crippen LogP contribution in [0.4, 0.5) is 5.69 Å². The van der Waals surface area contributed by atoms with Gasteiger partial charge in [-0.2, -0.15) is 0 Å². The molecule has 0 saturated carbocycles. The Hall–Kier alpha value is -3.71. The minimum atomic E-state index is -3.69. The average molecular weight is 489 g/mol. The number of benzene rings is 3. The lowest BCUT2D eigenvalue weighted by molar-refractivity contribution is 0.100. The van der Waals surface area contributed by atoms with E-state index in [1.54, 1.807) is 31.4 Å². The van der Waals surface area contributed by atoms with Crippen LogP contribution in [0.5, 0.6) is 5.75 Å². The lowest BCUT2D eigenvalue weighted by Crippen LogP contribution is -2.30. The van der Waals surface area contributed by atoms with Crippen molar-refractivity contribution in [2.24, 2.45) is 4.99 Å². The second kappa shape index (κ2) is 9.88. The lowest BCUT2D eigenvalue weighted by atomic mass is 9.85. The molecule has 0 atom stereocenters. The summed E-state index contributed by atoms with van der Waals surface area (Å²) in [7, 11) is -2.07. The summed E-state index contributed by atoms with van der Waals surface area (Å²) < 4.78 is 32.7. The number of Topliss-reactive ketones (excluding diaryl/α,β-unsaturated/α-hetero) is 1. The number of carbonyl (C=O) groups is 1. The van der Waals surface area contributed by atoms with Crippen LogP contribution in [0.15, 0.2) is 83.2 Å². The minimum Gasteiger partial charge on any atom is -0.497 e. The summed E-state index contributed by atoms with van der Waals surface area (Å²) in [4.78, 5) is 17.9. The molecule has 3 aromatic rings. The standard InChI is InChI=1S/C28H28N2O4S/c1-28(2)19-22-11-14-24(34-3)17-25(22)26(29-28)18-27(31)21-9-12-23(13-10-21)30-35(32,33)16-15-20-7-5-4-6-8-20/h4-17,30H,18-19H2,1-3H3. The van der Waals surface area contributed by atoms with Crippen LogP contribution in [-0.2, 0) is 16.4 Å². The van der Waals surface area contributed by atoms with Gasteiger partial charge in [-0.3, -0.25) is 14.5 Å². The highest BCUT2D eigenvalue weighted by atomic mass is 32.2. The maximum absolute atomic E-state index is 13.1. The molecule has 1 N–H and O–H groups in total. The molecule has 1 aliphatic rings. The first kappa shape index (κ1) is 24.4. The van der Waals surface area contributed by atoms with Gasteiger partial charge < -0.3 is 4.74 Å². The van der Waals surface area contributed by atoms with E-state index in [0.717, 1.165) is 40.0 Å². The molecule has 0 spiro atoms. The Bertz CT molecular complexity index is 1390. The zero-order valence-electron chi connectivity index (χ0n) is 20.0. The highest BCUT2D eigenvalue weighted by Crippen LogP contribution is 2.31. The van der Waals surface area contributed by atoms with Crippen molar-refractivity contribution in [3.8, 4) is 5.75 Å². The topological polar surface area (TPSA) is 84.8 Å². The van der Waals surface area contributed by atoms with E-state index >= 15 is 0 Å². The van der Waals surface area contributed by atoms with Crippen molar-refractivity contribution in [1.29, 1.82) is 0 Å². The molecule has 0 aliphatic carbocycles. The summed E-state index contributed by atoms with van der Waals surface area (Å²) >= 11 is 0. The van der Waals surface area contributed by atoms with Crippen molar-refractivity contribution in [2.75, 3.05) is 11.8 Å². The molecule has 0 bridgehead atoms. The number of nitrogens with zero attached hydrogens (tertiary/aromatic N) is 1. The number of hydrogen-bond donors (Lipinski definition) is 1. The molecule has 180 valence electrons. The first-order chi connectivity index (χ1) is 16.6. The zero-order valence-corrected chi connectivity index (χ0v) is 20.8. The summed E-state index contributed by atoms with van der Waals surface area (Å²) in [6.07, 6.45) is 2.46. The largest absolute Gasteiger partial charge is 0.497 e. The fraction of sp³-hybridized carbons (Fsp3) is 0.214. The van der Waals surface area contributed by atoms with E-state index in [1.165, 1.54) is 6.08 Å². The second-order valence-corrected chi connectivity index (χ2v) is 10.7. The number of ether oxygens (including phenoxy) is 1. The number of ketones is 1. The van der Waals surface area contributed by atoms with Gasteiger partial charge in [0, 0.05) is 16.8 Å². The van der Waals surface area contributed by atoms with E-state index in [9.17, 15) is 13.2 Å². The molecule has 4 rings (SSSR count). The van der Waals surface area contributed by atoms with Gasteiger partial charge in [-0.15, -0.1) is 0 Å². The van der Waals surface area contributed by atoms with Crippen LogP contribution in [0.25, 0.3) is 6.08 Å². The number of rotatable bonds is 8. The normalized spacial score (nSPS) is 14.8. The van der Waals surface area contributed by atoms with Gasteiger partial charge in [0.1, 0.15) is 5.75 Å². The third-order valence-electron chi connectivity index (χ3n) is 5.72. The quantitative estimate of drug-likeness (QED) is 0.424. The Morgan fingerprint density at radius 1 is 1.06 bits per heavy atom. The number of sulfonamides is 1. The molecule has 6 nitrogen and oxygen atoms in total. The number of hydrogen-bond acceptors (Lipinski definition) is 5. The highest BCUT2D eigenvalue weighted by Gasteiger charge is 2.28. The molecule has 7 heteroatoms. The Labute approximate surface area is 206 Å². The fourth-order valence-corrected chi connectivity index (χ4v) is 4.95. The molecular formula is C28H28N2O4S. The average Bonchev–Trinajstić information content (AvgIpc) is 2.83. The van der Waals surface area contributed by atoms with Crippen molar-refractivity contribution in [3.63, 3.8) is 0 Å². The predicted octanol–water partition coefficient (Wildman–Crippen LogP) is 5.50. The molecular weight excluding hydrogens is 460 g/mol. The Balaban J connectivity index is 1.48. The summed E-state index contributed by atoms with van der Waals surface area (Å²) in [6, 6.07) is 21.5. The third-order valence-corrected chi connectivity index (χ3v) is 6.74. The summed E-state index contributed by atoms with van der Waals surface area (Å²) in [5.74, 6) is 0.634. The van der Waals surface area contributed by atoms with Gasteiger partial charge in [-0.05, 0) is 73.9 Å². The zero-order chi connectivity index (χ0) is 25.1. The van der Waals surface area contributed by atoms with E-state index in [4.69, 9.17) is 9.73 Å². The van der Waals surface area contributed by atoms with Gasteiger partial charge in [0.15, 0.2) is 5.78 Å². The summed E-state index contributed by atoms with van der Waals surface area (Å²) in [5, 5.41) is 1.12. The Kier molecular flexibility index (Phi) is 6.89. The molecule has 35 heavy (non-hydrogen) atoms. The molecule has 1 heterocycles. The van der Waals surface area contributed by atoms with Gasteiger partial charge in [0.2, 0.25) is 0 Å². The van der Waals surface area contributed by atoms with Crippen LogP contribution in [0.3, 0.4) is 0 Å². The van der Waals surface area contributed by atoms with Crippen molar-refractivity contribution in [3.05, 3.63) is 100 Å². The van der Waals surface area contributed by atoms with Crippen LogP contribution in [-0.4, -0.2) is 32.6 Å². The smallest absolute Gasteiger partial charge is 0.255 e. The summed E-state index contributed by atoms with van der Waals surface area (Å²) in [5.41, 5.74) is 4.16. The molecule has 0 saturated heterocycles. The van der Waals surface area contributed by atoms with Gasteiger partial charge >= 0.3 is 0 Å². The fourth-order valence-electron chi connectivity index (χ4n) is 4.08. The maximum atomic E-state index is 13.1. The molecule has 3 aromatic carbocycles. The van der Waals surface area contributed by atoms with E-state index < -0.39 is 10.0 Å². The number of anilines is 1. The Morgan fingerprint density at radius 3 is 2.46 bits per heavy atom. The molecule has 0 radical (unpaired) electrons. The van der Waals surface area contributed by atoms with Crippen LogP contribution < -0.4 is 9.46 Å². The number of nitrogens with one attached hydrogen (secondary N) is 1. The van der Waals surface area contributed by atoms with Gasteiger partial charge in [-0.25, -0.2) is 8.42 Å². The second-order valence-electron chi connectivity index (χ2n) is 9.11. The SMILES string of the molecule is COc1ccc2c(c1)C(CC(=O)c1ccc(NS(=O)(=O)C=Cc3ccccc3)cc1)=NC(C)(C)C2. The van der Waals surface area contributed by atoms with Crippen LogP contribution >= 0.6 is 0 Å². The monoisotopic (exact) mass is 488 g/mol. The minimum absolute atomic E-state index is 0.0893. The number of carbonyl (C=O) groups excluding carboxylic acids is 1. The molecule has 1 aliphatic heterocycles. The van der Waals surface area contributed by atoms with Crippen molar-refractivity contribution < 1.29 is 17.9 Å². The van der Waals surface area contributed by atoms with Gasteiger partial charge in [-0.1, -0.05) is 36.4 Å². The summed E-state index contributed by atoms with van der Waals surface area (Å²) in [6.45, 7) is 4.11. The molecule has 0 fully saturated rings. The number of fused-ring (bicyclic) bond motifs is 1. The van der Waals surface area contributed by atoms with Crippen LogP contribution in [0.1, 0.15) is 47.3 Å². The predicted molar refractivity (Wildman–Crippen MR) is 141 cm³/mol. The third kappa shape index (κ3) is 6.25. The van der Waals surface area contributed by atoms with E-state index in [2.05, 4.69) is 18.6 Å². The highest BCUT2D eigenvalue weighted by molar-refractivity contribution is 7.95. The first-order valence-electron chi connectivity index (χ1n) is 11.3. The number of aliphatic imine (C=N–C) groups is 1. The van der Waals surface area contributed by atoms with Crippen LogP contribution in [0.2, 0.25) is 0 Å². The van der Waals surface area contributed by atoms with Crippen LogP contribution in [0, 0.1) is 0 Å². The molecule has 0 amide bonds. The Morgan fingerprint density at radius 2 is 1.77 bits per heavy atom. The lowest BCUT2D eigenvalue weighted by Gasteiger charge is -2.29. The van der Waals surface area contributed by atoms with Crippen molar-refractivity contribution in [1.82, 2.24) is 0 Å². The maximum Gasteiger partial charge on any atom is 0.255 e. The van der Waals surface area contributed by atoms with Crippen molar-refractivity contribution >= 4 is 33.3 Å². The molecule has 0 aromatic heterocycles. The first-order valence-corrected chi connectivity index (χ1v) is 12.8. The van der Waals surface area contributed by atoms with Gasteiger partial charge in [0.25, 0.3) is 10.0 Å².